The normalized spacial score (nSPS) is 30.1. The Hall–Kier alpha value is -0.810. The summed E-state index contributed by atoms with van der Waals surface area (Å²) in [7, 11) is 0. The fraction of sp³-hybridized carbons (Fsp3) is 0.750. The number of hydrogen-bond donors (Lipinski definition) is 0. The first-order chi connectivity index (χ1) is 6.90. The first kappa shape index (κ1) is 9.73. The van der Waals surface area contributed by atoms with Gasteiger partial charge >= 0.3 is 0 Å². The second-order valence-corrected chi connectivity index (χ2v) is 4.37. The minimum atomic E-state index is 0.318. The molecule has 76 valence electrons. The van der Waals surface area contributed by atoms with Gasteiger partial charge in [-0.2, -0.15) is 5.26 Å². The first-order valence-corrected chi connectivity index (χ1v) is 5.70. The van der Waals surface area contributed by atoms with Gasteiger partial charge in [-0.25, -0.2) is 0 Å². The fourth-order valence-corrected chi connectivity index (χ4v) is 2.46. The molecule has 0 aromatic rings. The number of nitrogens with zero attached hydrogens (tertiary/aromatic N) is 2. The Kier molecular flexibility index (Phi) is 3.21. The number of likely N-dealkylation sites (tertiary alicyclic amines) is 1. The molecule has 0 aromatic heterocycles. The third-order valence-corrected chi connectivity index (χ3v) is 3.41. The van der Waals surface area contributed by atoms with Crippen LogP contribution in [-0.2, 0) is 0 Å². The summed E-state index contributed by atoms with van der Waals surface area (Å²) >= 11 is 0. The monoisotopic (exact) mass is 190 g/mol. The lowest BCUT2D eigenvalue weighted by atomic mass is 9.94. The van der Waals surface area contributed by atoms with Gasteiger partial charge < -0.3 is 0 Å². The van der Waals surface area contributed by atoms with Crippen LogP contribution >= 0.6 is 0 Å². The summed E-state index contributed by atoms with van der Waals surface area (Å²) in [6.45, 7) is 2.24. The van der Waals surface area contributed by atoms with E-state index in [-0.39, 0.29) is 0 Å². The van der Waals surface area contributed by atoms with Gasteiger partial charge in [-0.05, 0) is 45.2 Å². The maximum atomic E-state index is 8.81. The van der Waals surface area contributed by atoms with Gasteiger partial charge in [-0.1, -0.05) is 12.2 Å². The molecule has 2 heteroatoms. The zero-order valence-corrected chi connectivity index (χ0v) is 8.65. The molecule has 2 aliphatic rings. The number of nitriles is 1. The molecular weight excluding hydrogens is 172 g/mol. The molecule has 2 rings (SSSR count). The average Bonchev–Trinajstić information content (AvgIpc) is 2.30. The summed E-state index contributed by atoms with van der Waals surface area (Å²) in [5.74, 6) is 0.318. The Morgan fingerprint density at radius 2 is 2.00 bits per heavy atom. The van der Waals surface area contributed by atoms with Crippen LogP contribution in [0.4, 0.5) is 0 Å². The maximum absolute atomic E-state index is 8.81. The molecule has 1 heterocycles. The van der Waals surface area contributed by atoms with E-state index < -0.39 is 0 Å². The van der Waals surface area contributed by atoms with E-state index in [0.29, 0.717) is 12.0 Å². The van der Waals surface area contributed by atoms with E-state index >= 15 is 0 Å². The molecule has 1 aliphatic carbocycles. The van der Waals surface area contributed by atoms with Gasteiger partial charge in [0.2, 0.25) is 0 Å². The second-order valence-electron chi connectivity index (χ2n) is 4.37. The maximum Gasteiger partial charge on any atom is 0.0656 e. The van der Waals surface area contributed by atoms with E-state index in [0.717, 1.165) is 25.9 Å². The number of hydrogen-bond acceptors (Lipinski definition) is 2. The van der Waals surface area contributed by atoms with Crippen molar-refractivity contribution in [3.05, 3.63) is 12.2 Å². The van der Waals surface area contributed by atoms with Crippen LogP contribution in [0.25, 0.3) is 0 Å². The van der Waals surface area contributed by atoms with Crippen molar-refractivity contribution in [3.63, 3.8) is 0 Å². The van der Waals surface area contributed by atoms with Crippen LogP contribution in [0.2, 0.25) is 0 Å². The predicted molar refractivity (Wildman–Crippen MR) is 56.7 cm³/mol. The summed E-state index contributed by atoms with van der Waals surface area (Å²) in [5, 5.41) is 8.81. The van der Waals surface area contributed by atoms with Gasteiger partial charge in [0.1, 0.15) is 0 Å². The molecule has 1 saturated heterocycles. The van der Waals surface area contributed by atoms with E-state index in [1.807, 2.05) is 0 Å². The molecule has 0 N–H and O–H groups in total. The lowest BCUT2D eigenvalue weighted by Crippen LogP contribution is -2.40. The fourth-order valence-electron chi connectivity index (χ4n) is 2.46. The lowest BCUT2D eigenvalue weighted by Gasteiger charge is -2.35. The Morgan fingerprint density at radius 3 is 2.57 bits per heavy atom. The highest BCUT2D eigenvalue weighted by molar-refractivity contribution is 5.00. The van der Waals surface area contributed by atoms with Crippen molar-refractivity contribution in [1.82, 2.24) is 4.90 Å². The standard InChI is InChI=1S/C12H18N2/c13-10-11-6-8-14(9-7-11)12-4-2-1-3-5-12/h2,4,11-12H,1,3,5-9H2. The van der Waals surface area contributed by atoms with Crippen molar-refractivity contribution in [1.29, 1.82) is 5.26 Å². The first-order valence-electron chi connectivity index (χ1n) is 5.70. The molecule has 0 spiro atoms. The summed E-state index contributed by atoms with van der Waals surface area (Å²) in [6.07, 6.45) is 10.7. The average molecular weight is 190 g/mol. The van der Waals surface area contributed by atoms with E-state index in [4.69, 9.17) is 5.26 Å². The van der Waals surface area contributed by atoms with Gasteiger partial charge in [0.25, 0.3) is 0 Å². The van der Waals surface area contributed by atoms with Crippen LogP contribution in [0.3, 0.4) is 0 Å². The van der Waals surface area contributed by atoms with E-state index in [2.05, 4.69) is 23.1 Å². The van der Waals surface area contributed by atoms with Crippen LogP contribution in [0.15, 0.2) is 12.2 Å². The van der Waals surface area contributed by atoms with Crippen molar-refractivity contribution >= 4 is 0 Å². The summed E-state index contributed by atoms with van der Waals surface area (Å²) in [4.78, 5) is 2.55. The molecule has 0 radical (unpaired) electrons. The Balaban J connectivity index is 1.86. The third kappa shape index (κ3) is 2.16. The molecule has 0 saturated carbocycles. The van der Waals surface area contributed by atoms with Gasteiger partial charge in [0.15, 0.2) is 0 Å². The molecule has 0 aromatic carbocycles. The number of rotatable bonds is 1. The Labute approximate surface area is 86.2 Å². The highest BCUT2D eigenvalue weighted by Gasteiger charge is 2.23. The molecule has 1 unspecified atom stereocenters. The minimum absolute atomic E-state index is 0.318. The van der Waals surface area contributed by atoms with Crippen LogP contribution in [-0.4, -0.2) is 24.0 Å². The highest BCUT2D eigenvalue weighted by Crippen LogP contribution is 2.23. The molecule has 1 aliphatic heterocycles. The zero-order valence-electron chi connectivity index (χ0n) is 8.65. The quantitative estimate of drug-likeness (QED) is 0.593. The van der Waals surface area contributed by atoms with Crippen molar-refractivity contribution in [2.75, 3.05) is 13.1 Å². The van der Waals surface area contributed by atoms with Gasteiger partial charge in [-0.3, -0.25) is 4.90 Å². The van der Waals surface area contributed by atoms with Gasteiger partial charge in [0, 0.05) is 12.0 Å². The predicted octanol–water partition coefficient (Wildman–Crippen LogP) is 2.33. The van der Waals surface area contributed by atoms with Crippen LogP contribution < -0.4 is 0 Å². The van der Waals surface area contributed by atoms with E-state index in [1.165, 1.54) is 19.3 Å². The lowest BCUT2D eigenvalue weighted by molar-refractivity contribution is 0.161. The van der Waals surface area contributed by atoms with Gasteiger partial charge in [0.05, 0.1) is 6.07 Å². The summed E-state index contributed by atoms with van der Waals surface area (Å²) < 4.78 is 0. The topological polar surface area (TPSA) is 27.0 Å². The third-order valence-electron chi connectivity index (χ3n) is 3.41. The van der Waals surface area contributed by atoms with Crippen LogP contribution in [0, 0.1) is 17.2 Å². The zero-order chi connectivity index (χ0) is 9.80. The molecule has 14 heavy (non-hydrogen) atoms. The van der Waals surface area contributed by atoms with Crippen LogP contribution in [0.1, 0.15) is 32.1 Å². The van der Waals surface area contributed by atoms with Gasteiger partial charge in [-0.15, -0.1) is 0 Å². The SMILES string of the molecule is N#CC1CCN(C2C=CCCC2)CC1. The summed E-state index contributed by atoms with van der Waals surface area (Å²) in [6, 6.07) is 3.05. The smallest absolute Gasteiger partial charge is 0.0656 e. The molecule has 0 bridgehead atoms. The van der Waals surface area contributed by atoms with Crippen LogP contribution in [0.5, 0.6) is 0 Å². The molecule has 0 amide bonds. The minimum Gasteiger partial charge on any atom is -0.297 e. The molecular formula is C12H18N2. The number of piperidine rings is 1. The van der Waals surface area contributed by atoms with E-state index in [9.17, 15) is 0 Å². The molecule has 1 fully saturated rings. The van der Waals surface area contributed by atoms with Crippen molar-refractivity contribution < 1.29 is 0 Å². The van der Waals surface area contributed by atoms with E-state index in [1.54, 1.807) is 0 Å². The van der Waals surface area contributed by atoms with Crippen molar-refractivity contribution in [2.45, 2.75) is 38.1 Å². The molecule has 1 atom stereocenters. The number of allylic oxidation sites excluding steroid dienone is 1. The Morgan fingerprint density at radius 1 is 1.21 bits per heavy atom. The summed E-state index contributed by atoms with van der Waals surface area (Å²) in [5.41, 5.74) is 0. The highest BCUT2D eigenvalue weighted by atomic mass is 15.2. The largest absolute Gasteiger partial charge is 0.297 e. The Bertz CT molecular complexity index is 244. The van der Waals surface area contributed by atoms with Crippen molar-refractivity contribution in [3.8, 4) is 6.07 Å². The molecule has 2 nitrogen and oxygen atoms in total. The second kappa shape index (κ2) is 4.61. The van der Waals surface area contributed by atoms with Crippen molar-refractivity contribution in [2.24, 2.45) is 5.92 Å².